The fourth-order valence-electron chi connectivity index (χ4n) is 2.67. The second-order valence-electron chi connectivity index (χ2n) is 6.05. The molecule has 0 N–H and O–H groups in total. The van der Waals surface area contributed by atoms with Gasteiger partial charge in [-0.1, -0.05) is 116 Å². The van der Waals surface area contributed by atoms with Crippen LogP contribution in [0.5, 0.6) is 0 Å². The minimum atomic E-state index is 0. The molecule has 0 nitrogen and oxygen atoms in total. The molecule has 0 aromatic rings. The van der Waals surface area contributed by atoms with Crippen LogP contribution in [0.3, 0.4) is 0 Å². The summed E-state index contributed by atoms with van der Waals surface area (Å²) in [6.07, 6.45) is 23.3. The predicted octanol–water partition coefficient (Wildman–Crippen LogP) is 7.08. The monoisotopic (exact) mass is 283 g/mol. The molecule has 0 unspecified atom stereocenters. The van der Waals surface area contributed by atoms with Crippen LogP contribution in [0.15, 0.2) is 0 Å². The maximum absolute atomic E-state index is 3.53. The summed E-state index contributed by atoms with van der Waals surface area (Å²) in [4.78, 5) is 0. The van der Waals surface area contributed by atoms with Gasteiger partial charge in [0.2, 0.25) is 0 Å². The van der Waals surface area contributed by atoms with Gasteiger partial charge in [0.05, 0.1) is 0 Å². The van der Waals surface area contributed by atoms with E-state index in [1.807, 2.05) is 0 Å². The van der Waals surface area contributed by atoms with Crippen LogP contribution in [-0.4, -0.2) is 10.2 Å². The molecule has 3 radical (unpaired) electrons. The lowest BCUT2D eigenvalue weighted by molar-refractivity contribution is 0.531. The number of rotatable bonds is 16. The summed E-state index contributed by atoms with van der Waals surface area (Å²) >= 11 is 0. The third-order valence-corrected chi connectivity index (χ3v) is 4.38. The summed E-state index contributed by atoms with van der Waals surface area (Å²) in [5.41, 5.74) is 0. The van der Waals surface area contributed by atoms with Crippen LogP contribution < -0.4 is 0 Å². The minimum Gasteiger partial charge on any atom is -0.0654 e. The molecule has 19 heavy (non-hydrogen) atoms. The van der Waals surface area contributed by atoms with Crippen molar-refractivity contribution in [1.29, 1.82) is 0 Å². The van der Waals surface area contributed by atoms with Crippen LogP contribution in [0.4, 0.5) is 0 Å². The van der Waals surface area contributed by atoms with E-state index in [0.717, 1.165) is 0 Å². The third-order valence-electron chi connectivity index (χ3n) is 4.03. The van der Waals surface area contributed by atoms with Crippen molar-refractivity contribution < 1.29 is 1.43 Å². The van der Waals surface area contributed by atoms with E-state index in [4.69, 9.17) is 0 Å². The lowest BCUT2D eigenvalue weighted by atomic mass is 10.0. The normalized spacial score (nSPS) is 11.1. The summed E-state index contributed by atoms with van der Waals surface area (Å²) in [6.45, 7) is 2.29. The highest BCUT2D eigenvalue weighted by molar-refractivity contribution is 6.08. The van der Waals surface area contributed by atoms with E-state index in [1.54, 1.807) is 0 Å². The van der Waals surface area contributed by atoms with Gasteiger partial charge in [0, 0.05) is 11.7 Å². The van der Waals surface area contributed by atoms with Crippen molar-refractivity contribution in [2.24, 2.45) is 0 Å². The standard InChI is InChI=1S/C18H37Si.H2/c1-2-3-4-5-6-7-8-9-10-11-12-13-14-15-16-17-18-19;/h2-18H2,1H3;1H. The molecule has 1 heteroatoms. The molecule has 0 aliphatic heterocycles. The van der Waals surface area contributed by atoms with Gasteiger partial charge in [-0.25, -0.2) is 0 Å². The van der Waals surface area contributed by atoms with Crippen molar-refractivity contribution in [3.8, 4) is 0 Å². The molecule has 115 valence electrons. The minimum absolute atomic E-state index is 0. The van der Waals surface area contributed by atoms with Gasteiger partial charge in [0.15, 0.2) is 0 Å². The molecule has 0 bridgehead atoms. The second-order valence-corrected chi connectivity index (χ2v) is 6.55. The molecule has 0 aromatic heterocycles. The molecule has 0 saturated heterocycles. The maximum atomic E-state index is 3.53. The smallest absolute Gasteiger partial charge is 0.0222 e. The Labute approximate surface area is 128 Å². The highest BCUT2D eigenvalue weighted by Crippen LogP contribution is 2.13. The predicted molar refractivity (Wildman–Crippen MR) is 92.2 cm³/mol. The Morgan fingerprint density at radius 3 is 1.00 bits per heavy atom. The highest BCUT2D eigenvalue weighted by Gasteiger charge is 1.94. The van der Waals surface area contributed by atoms with Crippen LogP contribution in [0.2, 0.25) is 6.04 Å². The lowest BCUT2D eigenvalue weighted by Gasteiger charge is -2.03. The van der Waals surface area contributed by atoms with E-state index in [0.29, 0.717) is 0 Å². The zero-order valence-electron chi connectivity index (χ0n) is 13.5. The Balaban J connectivity index is 0. The zero-order chi connectivity index (χ0) is 14.0. The molecule has 0 atom stereocenters. The lowest BCUT2D eigenvalue weighted by Crippen LogP contribution is -1.83. The number of hydrogen-bond acceptors (Lipinski definition) is 0. The Morgan fingerprint density at radius 1 is 0.474 bits per heavy atom. The SMILES string of the molecule is CCCCCCCCCCCCCCCCCC[Si].[HH]. The topological polar surface area (TPSA) is 0 Å². The Bertz CT molecular complexity index is 134. The quantitative estimate of drug-likeness (QED) is 0.210. The Hall–Kier alpha value is 0.217. The molecule has 0 amide bonds. The van der Waals surface area contributed by atoms with Crippen LogP contribution in [0.1, 0.15) is 111 Å². The second kappa shape index (κ2) is 18.2. The van der Waals surface area contributed by atoms with Gasteiger partial charge in [-0.15, -0.1) is 0 Å². The van der Waals surface area contributed by atoms with E-state index < -0.39 is 0 Å². The van der Waals surface area contributed by atoms with Crippen molar-refractivity contribution in [3.05, 3.63) is 0 Å². The first-order valence-electron chi connectivity index (χ1n) is 9.06. The molecule has 0 aliphatic rings. The number of hydrogen-bond donors (Lipinski definition) is 0. The zero-order valence-corrected chi connectivity index (χ0v) is 14.5. The first-order valence-corrected chi connectivity index (χ1v) is 9.77. The van der Waals surface area contributed by atoms with Gasteiger partial charge in [0.25, 0.3) is 0 Å². The molecule has 0 fully saturated rings. The van der Waals surface area contributed by atoms with Crippen LogP contribution >= 0.6 is 0 Å². The molecular formula is C18H39Si. The highest BCUT2D eigenvalue weighted by atomic mass is 28.1. The van der Waals surface area contributed by atoms with Crippen molar-refractivity contribution in [2.45, 2.75) is 116 Å². The van der Waals surface area contributed by atoms with Crippen molar-refractivity contribution in [2.75, 3.05) is 0 Å². The van der Waals surface area contributed by atoms with Crippen molar-refractivity contribution >= 4 is 10.2 Å². The Morgan fingerprint density at radius 2 is 0.737 bits per heavy atom. The van der Waals surface area contributed by atoms with E-state index >= 15 is 0 Å². The van der Waals surface area contributed by atoms with Gasteiger partial charge >= 0.3 is 0 Å². The van der Waals surface area contributed by atoms with Crippen molar-refractivity contribution in [3.63, 3.8) is 0 Å². The van der Waals surface area contributed by atoms with Gasteiger partial charge in [0.1, 0.15) is 0 Å². The van der Waals surface area contributed by atoms with E-state index in [2.05, 4.69) is 17.2 Å². The van der Waals surface area contributed by atoms with Crippen LogP contribution in [0, 0.1) is 0 Å². The van der Waals surface area contributed by atoms with Gasteiger partial charge in [-0.2, -0.15) is 0 Å². The summed E-state index contributed by atoms with van der Waals surface area (Å²) < 4.78 is 0. The van der Waals surface area contributed by atoms with Crippen LogP contribution in [-0.2, 0) is 0 Å². The molecule has 0 spiro atoms. The summed E-state index contributed by atoms with van der Waals surface area (Å²) in [5.74, 6) is 0. The molecular weight excluding hydrogens is 244 g/mol. The molecule has 0 saturated carbocycles. The van der Waals surface area contributed by atoms with E-state index in [1.165, 1.54) is 109 Å². The largest absolute Gasteiger partial charge is 0.0654 e. The average molecular weight is 284 g/mol. The molecule has 0 aliphatic carbocycles. The van der Waals surface area contributed by atoms with E-state index in [-0.39, 0.29) is 1.43 Å². The van der Waals surface area contributed by atoms with E-state index in [9.17, 15) is 0 Å². The molecule has 0 rings (SSSR count). The number of unbranched alkanes of at least 4 members (excludes halogenated alkanes) is 15. The summed E-state index contributed by atoms with van der Waals surface area (Å²) in [5, 5.41) is 0. The summed E-state index contributed by atoms with van der Waals surface area (Å²) in [7, 11) is 3.53. The van der Waals surface area contributed by atoms with Crippen LogP contribution in [0.25, 0.3) is 0 Å². The van der Waals surface area contributed by atoms with Crippen molar-refractivity contribution in [1.82, 2.24) is 0 Å². The van der Waals surface area contributed by atoms with Gasteiger partial charge in [-0.05, 0) is 0 Å². The van der Waals surface area contributed by atoms with Gasteiger partial charge < -0.3 is 0 Å². The molecule has 0 aromatic carbocycles. The average Bonchev–Trinajstić information content (AvgIpc) is 2.43. The maximum Gasteiger partial charge on any atom is 0.0222 e. The first kappa shape index (κ1) is 19.2. The summed E-state index contributed by atoms with van der Waals surface area (Å²) in [6, 6.07) is 1.18. The van der Waals surface area contributed by atoms with Gasteiger partial charge in [-0.3, -0.25) is 0 Å². The Kier molecular flexibility index (Phi) is 18.4. The first-order chi connectivity index (χ1) is 9.41. The fourth-order valence-corrected chi connectivity index (χ4v) is 2.92. The molecule has 0 heterocycles. The fraction of sp³-hybridized carbons (Fsp3) is 1.00. The third kappa shape index (κ3) is 18.2.